The lowest BCUT2D eigenvalue weighted by Gasteiger charge is -2.07. The lowest BCUT2D eigenvalue weighted by Crippen LogP contribution is -2.08. The number of alkyl halides is 2. The first-order valence-electron chi connectivity index (χ1n) is 6.92. The second-order valence-electron chi connectivity index (χ2n) is 4.58. The molecule has 0 amide bonds. The van der Waals surface area contributed by atoms with Crippen LogP contribution in [0.15, 0.2) is 36.7 Å². The topological polar surface area (TPSA) is 62.6 Å². The molecule has 24 heavy (non-hydrogen) atoms. The van der Waals surface area contributed by atoms with Crippen LogP contribution in [0.25, 0.3) is 6.08 Å². The van der Waals surface area contributed by atoms with E-state index < -0.39 is 12.5 Å². The van der Waals surface area contributed by atoms with Gasteiger partial charge >= 0.3 is 12.5 Å². The zero-order valence-electron chi connectivity index (χ0n) is 13.1. The van der Waals surface area contributed by atoms with Crippen LogP contribution in [0, 0.1) is 0 Å². The summed E-state index contributed by atoms with van der Waals surface area (Å²) in [5.74, 6) is 0.422. The Morgan fingerprint density at radius 1 is 1.33 bits per heavy atom. The van der Waals surface area contributed by atoms with Gasteiger partial charge in [0, 0.05) is 24.0 Å². The highest BCUT2D eigenvalue weighted by molar-refractivity contribution is 5.87. The molecule has 8 heteroatoms. The molecule has 0 aliphatic rings. The molecule has 0 N–H and O–H groups in total. The van der Waals surface area contributed by atoms with Crippen LogP contribution in [-0.2, 0) is 16.1 Å². The number of methoxy groups -OCH3 is 2. The summed E-state index contributed by atoms with van der Waals surface area (Å²) in [6.45, 7) is -3.09. The van der Waals surface area contributed by atoms with Gasteiger partial charge in [0.15, 0.2) is 5.82 Å². The lowest BCUT2D eigenvalue weighted by atomic mass is 10.1. The standard InChI is InChI=1S/C16H16F2N2O4/c1-22-12-4-5-13(23-2)11(9-12)3-6-15(21)24-10-14-19-7-8-20(14)16(17)18/h3-9,16H,10H2,1-2H3/b6-3+. The molecule has 0 unspecified atom stereocenters. The number of ether oxygens (including phenoxy) is 3. The van der Waals surface area contributed by atoms with Gasteiger partial charge in [-0.15, -0.1) is 0 Å². The largest absolute Gasteiger partial charge is 0.497 e. The second kappa shape index (κ2) is 8.09. The molecular weight excluding hydrogens is 322 g/mol. The molecule has 0 fully saturated rings. The van der Waals surface area contributed by atoms with Crippen molar-refractivity contribution in [1.82, 2.24) is 9.55 Å². The smallest absolute Gasteiger partial charge is 0.331 e. The number of carbonyl (C=O) groups excluding carboxylic acids is 1. The van der Waals surface area contributed by atoms with Crippen molar-refractivity contribution in [3.05, 3.63) is 48.1 Å². The van der Waals surface area contributed by atoms with E-state index in [1.807, 2.05) is 0 Å². The van der Waals surface area contributed by atoms with E-state index in [4.69, 9.17) is 14.2 Å². The number of esters is 1. The molecule has 0 saturated heterocycles. The molecule has 1 aromatic heterocycles. The molecule has 0 radical (unpaired) electrons. The molecule has 2 rings (SSSR count). The number of hydrogen-bond acceptors (Lipinski definition) is 5. The molecule has 6 nitrogen and oxygen atoms in total. The van der Waals surface area contributed by atoms with E-state index in [1.54, 1.807) is 18.2 Å². The molecular formula is C16H16F2N2O4. The molecule has 128 valence electrons. The average Bonchev–Trinajstić information content (AvgIpc) is 3.06. The summed E-state index contributed by atoms with van der Waals surface area (Å²) in [6.07, 6.45) is 4.99. The summed E-state index contributed by atoms with van der Waals surface area (Å²) >= 11 is 0. The predicted octanol–water partition coefficient (Wildman–Crippen LogP) is 3.05. The maximum atomic E-state index is 12.7. The Kier molecular flexibility index (Phi) is 5.89. The molecule has 0 spiro atoms. The van der Waals surface area contributed by atoms with Crippen LogP contribution in [0.2, 0.25) is 0 Å². The van der Waals surface area contributed by atoms with Crippen molar-refractivity contribution in [3.8, 4) is 11.5 Å². The summed E-state index contributed by atoms with van der Waals surface area (Å²) in [5.41, 5.74) is 0.614. The van der Waals surface area contributed by atoms with Gasteiger partial charge in [0.25, 0.3) is 0 Å². The highest BCUT2D eigenvalue weighted by atomic mass is 19.3. The van der Waals surface area contributed by atoms with Crippen molar-refractivity contribution in [2.75, 3.05) is 14.2 Å². The Morgan fingerprint density at radius 3 is 2.79 bits per heavy atom. The monoisotopic (exact) mass is 338 g/mol. The van der Waals surface area contributed by atoms with E-state index in [9.17, 15) is 13.6 Å². The molecule has 0 atom stereocenters. The molecule has 0 aliphatic heterocycles. The SMILES string of the molecule is COc1ccc(OC)c(/C=C/C(=O)OCc2nccn2C(F)F)c1. The number of halogens is 2. The minimum absolute atomic E-state index is 0.0364. The third-order valence-electron chi connectivity index (χ3n) is 3.14. The number of imidazole rings is 1. The van der Waals surface area contributed by atoms with Crippen LogP contribution < -0.4 is 9.47 Å². The van der Waals surface area contributed by atoms with Gasteiger partial charge in [-0.2, -0.15) is 8.78 Å². The number of hydrogen-bond donors (Lipinski definition) is 0. The van der Waals surface area contributed by atoms with E-state index in [1.165, 1.54) is 32.6 Å². The quantitative estimate of drug-likeness (QED) is 0.573. The fourth-order valence-electron chi connectivity index (χ4n) is 1.94. The number of nitrogens with zero attached hydrogens (tertiary/aromatic N) is 2. The van der Waals surface area contributed by atoms with E-state index in [0.717, 1.165) is 6.20 Å². The molecule has 0 aliphatic carbocycles. The third-order valence-corrected chi connectivity index (χ3v) is 3.14. The average molecular weight is 338 g/mol. The molecule has 1 heterocycles. The summed E-state index contributed by atoms with van der Waals surface area (Å²) < 4.78 is 41.1. The summed E-state index contributed by atoms with van der Waals surface area (Å²) in [4.78, 5) is 15.5. The zero-order chi connectivity index (χ0) is 17.5. The lowest BCUT2D eigenvalue weighted by molar-refractivity contribution is -0.139. The van der Waals surface area contributed by atoms with Crippen molar-refractivity contribution in [2.45, 2.75) is 13.2 Å². The summed E-state index contributed by atoms with van der Waals surface area (Å²) in [6, 6.07) is 5.11. The number of rotatable bonds is 7. The highest BCUT2D eigenvalue weighted by Crippen LogP contribution is 2.25. The maximum absolute atomic E-state index is 12.7. The van der Waals surface area contributed by atoms with Crippen molar-refractivity contribution in [3.63, 3.8) is 0 Å². The van der Waals surface area contributed by atoms with Gasteiger partial charge in [-0.25, -0.2) is 9.78 Å². The van der Waals surface area contributed by atoms with Gasteiger partial charge in [-0.05, 0) is 24.3 Å². The zero-order valence-corrected chi connectivity index (χ0v) is 13.1. The highest BCUT2D eigenvalue weighted by Gasteiger charge is 2.12. The van der Waals surface area contributed by atoms with E-state index >= 15 is 0 Å². The Balaban J connectivity index is 2.01. The van der Waals surface area contributed by atoms with Crippen LogP contribution in [0.5, 0.6) is 11.5 Å². The van der Waals surface area contributed by atoms with E-state index in [0.29, 0.717) is 21.6 Å². The molecule has 1 aromatic carbocycles. The molecule has 0 saturated carbocycles. The fraction of sp³-hybridized carbons (Fsp3) is 0.250. The van der Waals surface area contributed by atoms with Gasteiger partial charge < -0.3 is 14.2 Å². The second-order valence-corrected chi connectivity index (χ2v) is 4.58. The van der Waals surface area contributed by atoms with Gasteiger partial charge in [0.2, 0.25) is 0 Å². The van der Waals surface area contributed by atoms with E-state index in [2.05, 4.69) is 4.98 Å². The minimum atomic E-state index is -2.74. The van der Waals surface area contributed by atoms with Crippen molar-refractivity contribution < 1.29 is 27.8 Å². The minimum Gasteiger partial charge on any atom is -0.497 e. The Morgan fingerprint density at radius 2 is 2.12 bits per heavy atom. The van der Waals surface area contributed by atoms with Gasteiger partial charge in [-0.3, -0.25) is 4.57 Å². The Bertz CT molecular complexity index is 729. The number of carbonyl (C=O) groups is 1. The van der Waals surface area contributed by atoms with Crippen LogP contribution in [0.1, 0.15) is 17.9 Å². The normalized spacial score (nSPS) is 11.0. The first kappa shape index (κ1) is 17.5. The van der Waals surface area contributed by atoms with E-state index in [-0.39, 0.29) is 12.4 Å². The van der Waals surface area contributed by atoms with Crippen LogP contribution in [-0.4, -0.2) is 29.7 Å². The van der Waals surface area contributed by atoms with Crippen molar-refractivity contribution in [1.29, 1.82) is 0 Å². The molecule has 2 aromatic rings. The summed E-state index contributed by atoms with van der Waals surface area (Å²) in [7, 11) is 3.02. The first-order chi connectivity index (χ1) is 11.5. The first-order valence-corrected chi connectivity index (χ1v) is 6.92. The molecule has 0 bridgehead atoms. The van der Waals surface area contributed by atoms with Crippen LogP contribution in [0.3, 0.4) is 0 Å². The van der Waals surface area contributed by atoms with Crippen molar-refractivity contribution in [2.24, 2.45) is 0 Å². The van der Waals surface area contributed by atoms with Crippen LogP contribution >= 0.6 is 0 Å². The predicted molar refractivity (Wildman–Crippen MR) is 81.9 cm³/mol. The van der Waals surface area contributed by atoms with Crippen molar-refractivity contribution >= 4 is 12.0 Å². The third kappa shape index (κ3) is 4.31. The van der Waals surface area contributed by atoms with Gasteiger partial charge in [0.05, 0.1) is 14.2 Å². The Labute approximate surface area is 137 Å². The number of benzene rings is 1. The van der Waals surface area contributed by atoms with Gasteiger partial charge in [-0.1, -0.05) is 0 Å². The summed E-state index contributed by atoms with van der Waals surface area (Å²) in [5, 5.41) is 0. The maximum Gasteiger partial charge on any atom is 0.331 e. The van der Waals surface area contributed by atoms with Gasteiger partial charge in [0.1, 0.15) is 18.1 Å². The Hall–Kier alpha value is -2.90. The fourth-order valence-corrected chi connectivity index (χ4v) is 1.94. The number of aromatic nitrogens is 2. The van der Waals surface area contributed by atoms with Crippen LogP contribution in [0.4, 0.5) is 8.78 Å².